The second-order valence-corrected chi connectivity index (χ2v) is 6.61. The summed E-state index contributed by atoms with van der Waals surface area (Å²) in [5.74, 6) is -0.727. The quantitative estimate of drug-likeness (QED) is 0.789. The van der Waals surface area contributed by atoms with Crippen LogP contribution in [0.15, 0.2) is 33.5 Å². The van der Waals surface area contributed by atoms with Crippen LogP contribution in [0.5, 0.6) is 0 Å². The zero-order valence-electron chi connectivity index (χ0n) is 13.3. The van der Waals surface area contributed by atoms with E-state index in [0.29, 0.717) is 21.7 Å². The van der Waals surface area contributed by atoms with Gasteiger partial charge >= 0.3 is 5.76 Å². The summed E-state index contributed by atoms with van der Waals surface area (Å²) in [5.41, 5.74) is 2.54. The average molecular weight is 341 g/mol. The van der Waals surface area contributed by atoms with E-state index in [2.05, 4.69) is 11.4 Å². The molecule has 1 aromatic carbocycles. The molecule has 1 N–H and O–H groups in total. The van der Waals surface area contributed by atoms with E-state index in [-0.39, 0.29) is 18.9 Å². The van der Waals surface area contributed by atoms with Crippen LogP contribution in [0, 0.1) is 25.2 Å². The number of rotatable bonds is 4. The summed E-state index contributed by atoms with van der Waals surface area (Å²) in [4.78, 5) is 25.1. The third-order valence-corrected chi connectivity index (χ3v) is 5.01. The molecular formula is C17H15N3O3S. The van der Waals surface area contributed by atoms with Gasteiger partial charge in [-0.15, -0.1) is 11.3 Å². The Labute approximate surface area is 141 Å². The van der Waals surface area contributed by atoms with Crippen molar-refractivity contribution in [2.24, 2.45) is 0 Å². The number of oxazole rings is 1. The van der Waals surface area contributed by atoms with Crippen molar-refractivity contribution in [1.29, 1.82) is 5.26 Å². The van der Waals surface area contributed by atoms with E-state index >= 15 is 0 Å². The van der Waals surface area contributed by atoms with Crippen molar-refractivity contribution in [3.05, 3.63) is 50.8 Å². The fraction of sp³-hybridized carbons (Fsp3) is 0.235. The van der Waals surface area contributed by atoms with Crippen LogP contribution in [0.4, 0.5) is 5.00 Å². The molecule has 0 aliphatic carbocycles. The monoisotopic (exact) mass is 341 g/mol. The van der Waals surface area contributed by atoms with Crippen molar-refractivity contribution in [3.8, 4) is 6.07 Å². The van der Waals surface area contributed by atoms with Gasteiger partial charge in [-0.3, -0.25) is 9.36 Å². The standard InChI is InChI=1S/C17H15N3O3S/c1-10-11(2)24-16(12(10)9-18)19-15(21)7-8-20-13-5-3-4-6-14(13)23-17(20)22/h3-6H,7-8H2,1-2H3,(H,19,21). The zero-order valence-corrected chi connectivity index (χ0v) is 14.1. The molecule has 2 aromatic heterocycles. The van der Waals surface area contributed by atoms with Crippen LogP contribution in [-0.2, 0) is 11.3 Å². The Morgan fingerprint density at radius 3 is 2.88 bits per heavy atom. The average Bonchev–Trinajstić information content (AvgIpc) is 3.01. The maximum atomic E-state index is 12.2. The van der Waals surface area contributed by atoms with Gasteiger partial charge in [0.25, 0.3) is 0 Å². The summed E-state index contributed by atoms with van der Waals surface area (Å²) in [5, 5.41) is 12.5. The molecular weight excluding hydrogens is 326 g/mol. The Morgan fingerprint density at radius 1 is 1.38 bits per heavy atom. The molecule has 0 fully saturated rings. The number of aryl methyl sites for hydroxylation is 2. The molecule has 2 heterocycles. The first-order valence-corrected chi connectivity index (χ1v) is 8.21. The summed E-state index contributed by atoms with van der Waals surface area (Å²) < 4.78 is 6.58. The summed E-state index contributed by atoms with van der Waals surface area (Å²) in [6, 6.07) is 9.20. The van der Waals surface area contributed by atoms with Crippen molar-refractivity contribution in [3.63, 3.8) is 0 Å². The van der Waals surface area contributed by atoms with Gasteiger partial charge in [0, 0.05) is 17.8 Å². The molecule has 6 nitrogen and oxygen atoms in total. The predicted octanol–water partition coefficient (Wildman–Crippen LogP) is 3.17. The van der Waals surface area contributed by atoms with Gasteiger partial charge in [-0.1, -0.05) is 12.1 Å². The molecule has 0 saturated heterocycles. The number of nitriles is 1. The van der Waals surface area contributed by atoms with Gasteiger partial charge in [-0.05, 0) is 31.5 Å². The molecule has 0 aliphatic heterocycles. The smallest absolute Gasteiger partial charge is 0.408 e. The van der Waals surface area contributed by atoms with Gasteiger partial charge in [0.2, 0.25) is 5.91 Å². The molecule has 1 amide bonds. The van der Waals surface area contributed by atoms with E-state index in [1.165, 1.54) is 15.9 Å². The molecule has 0 radical (unpaired) electrons. The van der Waals surface area contributed by atoms with Crippen molar-refractivity contribution in [2.75, 3.05) is 5.32 Å². The molecule has 0 saturated carbocycles. The third-order valence-electron chi connectivity index (χ3n) is 3.89. The molecule has 122 valence electrons. The first-order chi connectivity index (χ1) is 11.5. The lowest BCUT2D eigenvalue weighted by atomic mass is 10.2. The number of anilines is 1. The van der Waals surface area contributed by atoms with E-state index < -0.39 is 5.76 Å². The van der Waals surface area contributed by atoms with Crippen molar-refractivity contribution >= 4 is 33.3 Å². The van der Waals surface area contributed by atoms with Crippen molar-refractivity contribution in [2.45, 2.75) is 26.8 Å². The zero-order chi connectivity index (χ0) is 17.3. The van der Waals surface area contributed by atoms with E-state index in [1.807, 2.05) is 19.9 Å². The van der Waals surface area contributed by atoms with Gasteiger partial charge < -0.3 is 9.73 Å². The van der Waals surface area contributed by atoms with Gasteiger partial charge in [-0.25, -0.2) is 4.79 Å². The van der Waals surface area contributed by atoms with E-state index in [9.17, 15) is 14.9 Å². The molecule has 0 bridgehead atoms. The van der Waals surface area contributed by atoms with Crippen LogP contribution in [-0.4, -0.2) is 10.5 Å². The van der Waals surface area contributed by atoms with E-state index in [0.717, 1.165) is 10.4 Å². The highest BCUT2D eigenvalue weighted by Gasteiger charge is 2.15. The Kier molecular flexibility index (Phi) is 4.23. The fourth-order valence-corrected chi connectivity index (χ4v) is 3.50. The molecule has 0 unspecified atom stereocenters. The second kappa shape index (κ2) is 6.34. The number of para-hydroxylation sites is 2. The fourth-order valence-electron chi connectivity index (χ4n) is 2.48. The van der Waals surface area contributed by atoms with E-state index in [1.54, 1.807) is 18.2 Å². The summed E-state index contributed by atoms with van der Waals surface area (Å²) in [7, 11) is 0. The van der Waals surface area contributed by atoms with Crippen molar-refractivity contribution in [1.82, 2.24) is 4.57 Å². The first kappa shape index (κ1) is 16.0. The Bertz CT molecular complexity index is 1020. The second-order valence-electron chi connectivity index (χ2n) is 5.38. The maximum absolute atomic E-state index is 12.2. The lowest BCUT2D eigenvalue weighted by molar-refractivity contribution is -0.116. The number of amides is 1. The van der Waals surface area contributed by atoms with Gasteiger partial charge in [-0.2, -0.15) is 5.26 Å². The van der Waals surface area contributed by atoms with Crippen molar-refractivity contribution < 1.29 is 9.21 Å². The van der Waals surface area contributed by atoms with Crippen LogP contribution < -0.4 is 11.1 Å². The Balaban J connectivity index is 1.74. The molecule has 0 aliphatic rings. The molecule has 0 spiro atoms. The predicted molar refractivity (Wildman–Crippen MR) is 92.2 cm³/mol. The molecule has 24 heavy (non-hydrogen) atoms. The van der Waals surface area contributed by atoms with Crippen LogP contribution in [0.1, 0.15) is 22.4 Å². The number of fused-ring (bicyclic) bond motifs is 1. The molecule has 3 aromatic rings. The van der Waals surface area contributed by atoms with E-state index in [4.69, 9.17) is 4.42 Å². The SMILES string of the molecule is Cc1sc(NC(=O)CCn2c(=O)oc3ccccc32)c(C#N)c1C. The highest BCUT2D eigenvalue weighted by atomic mass is 32.1. The van der Waals surface area contributed by atoms with Crippen LogP contribution in [0.2, 0.25) is 0 Å². The lowest BCUT2D eigenvalue weighted by Crippen LogP contribution is -2.19. The third kappa shape index (κ3) is 2.84. The first-order valence-electron chi connectivity index (χ1n) is 7.39. The molecule has 7 heteroatoms. The number of benzene rings is 1. The minimum atomic E-state index is -0.482. The summed E-state index contributed by atoms with van der Waals surface area (Å²) in [6.07, 6.45) is 0.115. The lowest BCUT2D eigenvalue weighted by Gasteiger charge is -2.04. The van der Waals surface area contributed by atoms with Crippen LogP contribution in [0.25, 0.3) is 11.1 Å². The number of nitrogens with one attached hydrogen (secondary N) is 1. The summed E-state index contributed by atoms with van der Waals surface area (Å²) >= 11 is 1.38. The minimum absolute atomic E-state index is 0.115. The number of hydrogen-bond acceptors (Lipinski definition) is 5. The highest BCUT2D eigenvalue weighted by Crippen LogP contribution is 2.31. The number of hydrogen-bond donors (Lipinski definition) is 1. The van der Waals surface area contributed by atoms with Gasteiger partial charge in [0.05, 0.1) is 11.1 Å². The molecule has 3 rings (SSSR count). The summed E-state index contributed by atoms with van der Waals surface area (Å²) in [6.45, 7) is 3.98. The number of carbonyl (C=O) groups excluding carboxylic acids is 1. The number of carbonyl (C=O) groups is 1. The topological polar surface area (TPSA) is 88.0 Å². The van der Waals surface area contributed by atoms with Gasteiger partial charge in [0.15, 0.2) is 5.58 Å². The largest absolute Gasteiger partial charge is 0.419 e. The Hall–Kier alpha value is -2.85. The van der Waals surface area contributed by atoms with Gasteiger partial charge in [0.1, 0.15) is 11.1 Å². The highest BCUT2D eigenvalue weighted by molar-refractivity contribution is 7.16. The number of aromatic nitrogens is 1. The minimum Gasteiger partial charge on any atom is -0.408 e. The Morgan fingerprint density at radius 2 is 2.12 bits per heavy atom. The normalized spacial score (nSPS) is 10.7. The number of nitrogens with zero attached hydrogens (tertiary/aromatic N) is 2. The molecule has 0 atom stereocenters. The van der Waals surface area contributed by atoms with Crippen LogP contribution in [0.3, 0.4) is 0 Å². The number of thiophene rings is 1. The maximum Gasteiger partial charge on any atom is 0.419 e. The van der Waals surface area contributed by atoms with Crippen LogP contribution >= 0.6 is 11.3 Å².